The number of amides is 1. The topological polar surface area (TPSA) is 93.5 Å². The van der Waals surface area contributed by atoms with Gasteiger partial charge in [0.25, 0.3) is 6.01 Å². The molecule has 0 saturated heterocycles. The fourth-order valence-electron chi connectivity index (χ4n) is 5.82. The van der Waals surface area contributed by atoms with E-state index in [0.717, 1.165) is 40.7 Å². The van der Waals surface area contributed by atoms with Crippen LogP contribution < -0.4 is 10.6 Å². The van der Waals surface area contributed by atoms with Crippen LogP contribution in [0, 0.1) is 6.92 Å². The fraction of sp³-hybridized carbons (Fsp3) is 0.206. The van der Waals surface area contributed by atoms with E-state index in [0.29, 0.717) is 17.3 Å². The largest absolute Gasteiger partial charge is 0.469 e. The first kappa shape index (κ1) is 26.3. The van der Waals surface area contributed by atoms with Crippen molar-refractivity contribution < 1.29 is 18.7 Å². The van der Waals surface area contributed by atoms with Gasteiger partial charge in [0.1, 0.15) is 5.52 Å². The number of oxazole rings is 1. The number of hydrogen-bond acceptors (Lipinski definition) is 6. The highest BCUT2D eigenvalue weighted by Gasteiger charge is 2.42. The third kappa shape index (κ3) is 5.31. The van der Waals surface area contributed by atoms with Crippen LogP contribution in [-0.2, 0) is 32.6 Å². The molecule has 0 spiro atoms. The molecule has 1 atom stereocenters. The molecule has 1 aromatic heterocycles. The smallest absolute Gasteiger partial charge is 0.306 e. The molecular weight excluding hydrogens is 514 g/mol. The summed E-state index contributed by atoms with van der Waals surface area (Å²) in [5, 5.41) is 6.21. The average Bonchev–Trinajstić information content (AvgIpc) is 3.56. The molecule has 7 heteroatoms. The molecule has 1 unspecified atom stereocenters. The van der Waals surface area contributed by atoms with E-state index in [1.165, 1.54) is 18.2 Å². The van der Waals surface area contributed by atoms with Crippen LogP contribution in [0.3, 0.4) is 0 Å². The molecule has 4 aromatic carbocycles. The number of para-hydroxylation sites is 1. The lowest BCUT2D eigenvalue weighted by atomic mass is 9.73. The third-order valence-electron chi connectivity index (χ3n) is 7.95. The standard InChI is InChI=1S/C34H31N3O4/c1-22-7-3-6-10-28(22)36-33-37-29-16-11-23(19-30(29)41-33)20-31(38)35-26-14-12-25(13-15-26)34(21-32(39)40-2)18-17-24-8-4-5-9-27(24)34/h3-16,19H,17-18,20-21H2,1-2H3,(H,35,38)(H,36,37). The van der Waals surface area contributed by atoms with Crippen LogP contribution in [-0.4, -0.2) is 24.0 Å². The maximum absolute atomic E-state index is 12.9. The Morgan fingerprint density at radius 2 is 1.76 bits per heavy atom. The molecule has 1 heterocycles. The van der Waals surface area contributed by atoms with E-state index < -0.39 is 5.41 Å². The van der Waals surface area contributed by atoms with Crippen LogP contribution >= 0.6 is 0 Å². The summed E-state index contributed by atoms with van der Waals surface area (Å²) in [6, 6.07) is 30.0. The van der Waals surface area contributed by atoms with Gasteiger partial charge in [-0.15, -0.1) is 0 Å². The van der Waals surface area contributed by atoms with Crippen molar-refractivity contribution in [3.8, 4) is 0 Å². The highest BCUT2D eigenvalue weighted by atomic mass is 16.5. The zero-order valence-corrected chi connectivity index (χ0v) is 23.1. The molecule has 6 rings (SSSR count). The summed E-state index contributed by atoms with van der Waals surface area (Å²) >= 11 is 0. The minimum atomic E-state index is -0.439. The maximum Gasteiger partial charge on any atom is 0.306 e. The summed E-state index contributed by atoms with van der Waals surface area (Å²) in [4.78, 5) is 29.9. The molecule has 0 aliphatic heterocycles. The summed E-state index contributed by atoms with van der Waals surface area (Å²) < 4.78 is 11.0. The second kappa shape index (κ2) is 10.9. The van der Waals surface area contributed by atoms with Gasteiger partial charge in [-0.1, -0.05) is 60.7 Å². The molecular formula is C34H31N3O4. The molecule has 5 aromatic rings. The van der Waals surface area contributed by atoms with E-state index in [2.05, 4.69) is 27.8 Å². The number of benzene rings is 4. The van der Waals surface area contributed by atoms with Crippen molar-refractivity contribution in [1.29, 1.82) is 0 Å². The van der Waals surface area contributed by atoms with Gasteiger partial charge in [-0.25, -0.2) is 0 Å². The SMILES string of the molecule is COC(=O)CC1(c2ccc(NC(=O)Cc3ccc4nc(Nc5ccccc5C)oc4c3)cc2)CCc2ccccc21. The number of fused-ring (bicyclic) bond motifs is 2. The molecule has 7 nitrogen and oxygen atoms in total. The molecule has 0 fully saturated rings. The lowest BCUT2D eigenvalue weighted by Crippen LogP contribution is -2.29. The van der Waals surface area contributed by atoms with Gasteiger partial charge >= 0.3 is 5.97 Å². The monoisotopic (exact) mass is 545 g/mol. The second-order valence-electron chi connectivity index (χ2n) is 10.6. The van der Waals surface area contributed by atoms with E-state index in [-0.39, 0.29) is 24.7 Å². The number of aryl methyl sites for hydroxylation is 2. The van der Waals surface area contributed by atoms with Gasteiger partial charge in [0.05, 0.1) is 20.0 Å². The van der Waals surface area contributed by atoms with Crippen LogP contribution in [0.1, 0.15) is 40.7 Å². The van der Waals surface area contributed by atoms with E-state index in [4.69, 9.17) is 9.15 Å². The van der Waals surface area contributed by atoms with Crippen molar-refractivity contribution in [2.75, 3.05) is 17.7 Å². The predicted molar refractivity (Wildman–Crippen MR) is 159 cm³/mol. The number of methoxy groups -OCH3 is 1. The van der Waals surface area contributed by atoms with Gasteiger partial charge in [-0.2, -0.15) is 4.98 Å². The molecule has 0 bridgehead atoms. The van der Waals surface area contributed by atoms with Crippen molar-refractivity contribution in [2.45, 2.75) is 38.0 Å². The minimum Gasteiger partial charge on any atom is -0.469 e. The first-order chi connectivity index (χ1) is 19.9. The van der Waals surface area contributed by atoms with Crippen LogP contribution in [0.5, 0.6) is 0 Å². The number of rotatable bonds is 8. The normalized spacial score (nSPS) is 15.9. The van der Waals surface area contributed by atoms with Crippen molar-refractivity contribution in [3.05, 3.63) is 119 Å². The number of carbonyl (C=O) groups is 2. The van der Waals surface area contributed by atoms with Gasteiger partial charge in [0, 0.05) is 16.8 Å². The summed E-state index contributed by atoms with van der Waals surface area (Å²) in [6.45, 7) is 2.02. The number of hydrogen-bond donors (Lipinski definition) is 2. The van der Waals surface area contributed by atoms with Gasteiger partial charge < -0.3 is 19.8 Å². The Labute approximate surface area is 238 Å². The average molecular weight is 546 g/mol. The van der Waals surface area contributed by atoms with Gasteiger partial charge in [-0.05, 0) is 77.9 Å². The highest BCUT2D eigenvalue weighted by Crippen LogP contribution is 2.47. The zero-order chi connectivity index (χ0) is 28.4. The quantitative estimate of drug-likeness (QED) is 0.207. The van der Waals surface area contributed by atoms with Crippen LogP contribution in [0.15, 0.2) is 95.4 Å². The molecule has 0 radical (unpaired) electrons. The number of nitrogens with zero attached hydrogens (tertiary/aromatic N) is 1. The molecule has 1 aliphatic rings. The number of aromatic nitrogens is 1. The highest BCUT2D eigenvalue weighted by molar-refractivity contribution is 5.93. The Morgan fingerprint density at radius 1 is 0.976 bits per heavy atom. The second-order valence-corrected chi connectivity index (χ2v) is 10.6. The summed E-state index contributed by atoms with van der Waals surface area (Å²) in [6.07, 6.45) is 2.21. The third-order valence-corrected chi connectivity index (χ3v) is 7.95. The molecule has 0 saturated carbocycles. The van der Waals surface area contributed by atoms with Crippen molar-refractivity contribution in [3.63, 3.8) is 0 Å². The van der Waals surface area contributed by atoms with Crippen LogP contribution in [0.4, 0.5) is 17.4 Å². The zero-order valence-electron chi connectivity index (χ0n) is 23.1. The first-order valence-electron chi connectivity index (χ1n) is 13.7. The Kier molecular flexibility index (Phi) is 7.01. The molecule has 1 aliphatic carbocycles. The Morgan fingerprint density at radius 3 is 2.56 bits per heavy atom. The summed E-state index contributed by atoms with van der Waals surface area (Å²) in [5.41, 5.74) is 7.90. The van der Waals surface area contributed by atoms with Gasteiger partial charge in [-0.3, -0.25) is 9.59 Å². The van der Waals surface area contributed by atoms with E-state index >= 15 is 0 Å². The summed E-state index contributed by atoms with van der Waals surface area (Å²) in [5.74, 6) is -0.369. The Hall–Kier alpha value is -4.91. The lowest BCUT2D eigenvalue weighted by molar-refractivity contribution is -0.141. The molecule has 2 N–H and O–H groups in total. The minimum absolute atomic E-state index is 0.134. The predicted octanol–water partition coefficient (Wildman–Crippen LogP) is 6.86. The van der Waals surface area contributed by atoms with Crippen LogP contribution in [0.2, 0.25) is 0 Å². The first-order valence-corrected chi connectivity index (χ1v) is 13.7. The van der Waals surface area contributed by atoms with Gasteiger partial charge in [0.15, 0.2) is 5.58 Å². The fourth-order valence-corrected chi connectivity index (χ4v) is 5.82. The Balaban J connectivity index is 1.15. The van der Waals surface area contributed by atoms with E-state index in [1.807, 2.05) is 85.8 Å². The number of nitrogens with one attached hydrogen (secondary N) is 2. The number of anilines is 3. The van der Waals surface area contributed by atoms with Gasteiger partial charge in [0.2, 0.25) is 5.91 Å². The van der Waals surface area contributed by atoms with Crippen LogP contribution in [0.25, 0.3) is 11.1 Å². The Bertz CT molecular complexity index is 1740. The number of carbonyl (C=O) groups excluding carboxylic acids is 2. The number of esters is 1. The van der Waals surface area contributed by atoms with Crippen molar-refractivity contribution in [1.82, 2.24) is 4.98 Å². The van der Waals surface area contributed by atoms with E-state index in [1.54, 1.807) is 0 Å². The number of ether oxygens (including phenoxy) is 1. The lowest BCUT2D eigenvalue weighted by Gasteiger charge is -2.30. The molecule has 1 amide bonds. The summed E-state index contributed by atoms with van der Waals surface area (Å²) in [7, 11) is 1.43. The molecule has 206 valence electrons. The molecule has 41 heavy (non-hydrogen) atoms. The van der Waals surface area contributed by atoms with E-state index in [9.17, 15) is 9.59 Å². The van der Waals surface area contributed by atoms with Crippen molar-refractivity contribution in [2.24, 2.45) is 0 Å². The maximum atomic E-state index is 12.9. The van der Waals surface area contributed by atoms with Crippen molar-refractivity contribution >= 4 is 40.4 Å².